The molecule has 1 N–H and O–H groups in total. The number of nitrogens with one attached hydrogen (secondary N) is 1. The average molecular weight is 338 g/mol. The lowest BCUT2D eigenvalue weighted by Gasteiger charge is -2.13. The maximum atomic E-state index is 12.0. The number of nitrogens with zero attached hydrogens (tertiary/aromatic N) is 3. The van der Waals surface area contributed by atoms with Crippen LogP contribution >= 0.6 is 0 Å². The molecule has 0 spiro atoms. The summed E-state index contributed by atoms with van der Waals surface area (Å²) in [6.45, 7) is 1.74. The van der Waals surface area contributed by atoms with E-state index in [-0.39, 0.29) is 25.1 Å². The van der Waals surface area contributed by atoms with E-state index in [2.05, 4.69) is 15.6 Å². The molecule has 3 rings (SSSR count). The topological polar surface area (TPSA) is 86.1 Å². The van der Waals surface area contributed by atoms with Gasteiger partial charge in [0.25, 0.3) is 5.91 Å². The molecule has 0 aliphatic carbocycles. The summed E-state index contributed by atoms with van der Waals surface area (Å²) in [6, 6.07) is 15.9. The van der Waals surface area contributed by atoms with E-state index in [0.717, 1.165) is 11.0 Å². The van der Waals surface area contributed by atoms with Crippen LogP contribution in [0.1, 0.15) is 23.7 Å². The number of benzene rings is 2. The third-order valence-corrected chi connectivity index (χ3v) is 3.65. The molecule has 1 aromatic heterocycles. The van der Waals surface area contributed by atoms with Gasteiger partial charge in [0.05, 0.1) is 11.9 Å². The Morgan fingerprint density at radius 1 is 1.12 bits per heavy atom. The minimum atomic E-state index is -0.416. The fourth-order valence-electron chi connectivity index (χ4n) is 2.40. The molecule has 0 bridgehead atoms. The number of esters is 1. The fourth-order valence-corrected chi connectivity index (χ4v) is 2.40. The summed E-state index contributed by atoms with van der Waals surface area (Å²) in [7, 11) is 0. The second-order valence-corrected chi connectivity index (χ2v) is 5.67. The molecular weight excluding hydrogens is 320 g/mol. The second kappa shape index (κ2) is 7.57. The van der Waals surface area contributed by atoms with Crippen molar-refractivity contribution in [3.63, 3.8) is 0 Å². The van der Waals surface area contributed by atoms with E-state index in [1.165, 1.54) is 4.68 Å². The Morgan fingerprint density at radius 3 is 2.64 bits per heavy atom. The molecule has 128 valence electrons. The first kappa shape index (κ1) is 16.6. The van der Waals surface area contributed by atoms with Gasteiger partial charge in [-0.05, 0) is 31.2 Å². The highest BCUT2D eigenvalue weighted by molar-refractivity contribution is 5.94. The van der Waals surface area contributed by atoms with E-state index in [1.54, 1.807) is 31.2 Å². The predicted molar refractivity (Wildman–Crippen MR) is 91.6 cm³/mol. The minimum absolute atomic E-state index is 0.0152. The Labute approximate surface area is 144 Å². The van der Waals surface area contributed by atoms with Crippen LogP contribution in [0.4, 0.5) is 0 Å². The van der Waals surface area contributed by atoms with Crippen LogP contribution in [-0.4, -0.2) is 32.9 Å². The van der Waals surface area contributed by atoms with E-state index in [1.807, 2.05) is 30.3 Å². The molecule has 7 heteroatoms. The maximum absolute atomic E-state index is 12.0. The van der Waals surface area contributed by atoms with Crippen LogP contribution in [0.2, 0.25) is 0 Å². The summed E-state index contributed by atoms with van der Waals surface area (Å²) in [5.74, 6) is -0.636. The fraction of sp³-hybridized carbons (Fsp3) is 0.222. The molecule has 1 unspecified atom stereocenters. The first-order valence-corrected chi connectivity index (χ1v) is 7.93. The largest absolute Gasteiger partial charge is 0.442 e. The van der Waals surface area contributed by atoms with Crippen molar-refractivity contribution in [3.8, 4) is 0 Å². The molecule has 1 atom stereocenters. The average Bonchev–Trinajstić information content (AvgIpc) is 3.04. The SMILES string of the molecule is CC(CC(=O)OCn1nnc2ccccc21)NC(=O)c1ccccc1. The van der Waals surface area contributed by atoms with Crippen molar-refractivity contribution < 1.29 is 14.3 Å². The van der Waals surface area contributed by atoms with Gasteiger partial charge in [-0.1, -0.05) is 35.5 Å². The van der Waals surface area contributed by atoms with Crippen LogP contribution in [0.3, 0.4) is 0 Å². The smallest absolute Gasteiger partial charge is 0.309 e. The van der Waals surface area contributed by atoms with Crippen molar-refractivity contribution in [2.45, 2.75) is 26.1 Å². The summed E-state index contributed by atoms with van der Waals surface area (Å²) in [5, 5.41) is 10.7. The number of rotatable bonds is 6. The lowest BCUT2D eigenvalue weighted by Crippen LogP contribution is -2.34. The zero-order valence-electron chi connectivity index (χ0n) is 13.8. The molecule has 1 heterocycles. The number of hydrogen-bond acceptors (Lipinski definition) is 5. The predicted octanol–water partition coefficient (Wildman–Crippen LogP) is 2.14. The lowest BCUT2D eigenvalue weighted by molar-refractivity contribution is -0.148. The van der Waals surface area contributed by atoms with Gasteiger partial charge in [-0.25, -0.2) is 4.68 Å². The number of fused-ring (bicyclic) bond motifs is 1. The number of carbonyl (C=O) groups excluding carboxylic acids is 2. The summed E-state index contributed by atoms with van der Waals surface area (Å²) in [5.41, 5.74) is 2.08. The Kier molecular flexibility index (Phi) is 5.03. The third kappa shape index (κ3) is 4.20. The Hall–Kier alpha value is -3.22. The molecular formula is C18H18N4O3. The van der Waals surface area contributed by atoms with Crippen LogP contribution in [0.25, 0.3) is 11.0 Å². The molecule has 0 radical (unpaired) electrons. The molecule has 3 aromatic rings. The quantitative estimate of drug-likeness (QED) is 0.696. The molecule has 0 aliphatic rings. The van der Waals surface area contributed by atoms with Crippen molar-refractivity contribution in [1.82, 2.24) is 20.3 Å². The number of amides is 1. The van der Waals surface area contributed by atoms with Crippen LogP contribution in [0, 0.1) is 0 Å². The molecule has 25 heavy (non-hydrogen) atoms. The van der Waals surface area contributed by atoms with Gasteiger partial charge < -0.3 is 10.1 Å². The van der Waals surface area contributed by atoms with Crippen LogP contribution in [-0.2, 0) is 16.3 Å². The van der Waals surface area contributed by atoms with Gasteiger partial charge in [-0.2, -0.15) is 0 Å². The Morgan fingerprint density at radius 2 is 1.84 bits per heavy atom. The van der Waals surface area contributed by atoms with Gasteiger partial charge in [0.2, 0.25) is 0 Å². The number of ether oxygens (including phenoxy) is 1. The second-order valence-electron chi connectivity index (χ2n) is 5.67. The van der Waals surface area contributed by atoms with E-state index in [0.29, 0.717) is 5.56 Å². The number of carbonyl (C=O) groups is 2. The maximum Gasteiger partial charge on any atom is 0.309 e. The van der Waals surface area contributed by atoms with Gasteiger partial charge in [-0.15, -0.1) is 5.10 Å². The van der Waals surface area contributed by atoms with Crippen molar-refractivity contribution >= 4 is 22.9 Å². The molecule has 2 aromatic carbocycles. The summed E-state index contributed by atoms with van der Waals surface area (Å²) >= 11 is 0. The molecule has 7 nitrogen and oxygen atoms in total. The Bertz CT molecular complexity index is 876. The van der Waals surface area contributed by atoms with E-state index in [9.17, 15) is 9.59 Å². The van der Waals surface area contributed by atoms with Gasteiger partial charge in [0, 0.05) is 11.6 Å². The number of hydrogen-bond donors (Lipinski definition) is 1. The van der Waals surface area contributed by atoms with Crippen molar-refractivity contribution in [3.05, 3.63) is 60.2 Å². The summed E-state index contributed by atoms with van der Waals surface area (Å²) < 4.78 is 6.74. The minimum Gasteiger partial charge on any atom is -0.442 e. The highest BCUT2D eigenvalue weighted by atomic mass is 16.5. The van der Waals surface area contributed by atoms with Gasteiger partial charge in [-0.3, -0.25) is 9.59 Å². The van der Waals surface area contributed by atoms with Crippen molar-refractivity contribution in [2.24, 2.45) is 0 Å². The molecule has 0 fully saturated rings. The number of aromatic nitrogens is 3. The zero-order valence-corrected chi connectivity index (χ0v) is 13.8. The molecule has 0 saturated carbocycles. The molecule has 0 saturated heterocycles. The summed E-state index contributed by atoms with van der Waals surface area (Å²) in [6.07, 6.45) is 0.0746. The number of para-hydroxylation sites is 1. The highest BCUT2D eigenvalue weighted by Crippen LogP contribution is 2.10. The summed E-state index contributed by atoms with van der Waals surface area (Å²) in [4.78, 5) is 24.0. The first-order chi connectivity index (χ1) is 12.1. The highest BCUT2D eigenvalue weighted by Gasteiger charge is 2.14. The van der Waals surface area contributed by atoms with Crippen molar-refractivity contribution in [1.29, 1.82) is 0 Å². The standard InChI is InChI=1S/C18H18N4O3/c1-13(19-18(24)14-7-3-2-4-8-14)11-17(23)25-12-22-16-10-6-5-9-15(16)20-21-22/h2-10,13H,11-12H2,1H3,(H,19,24). The zero-order chi connectivity index (χ0) is 17.6. The van der Waals surface area contributed by atoms with E-state index < -0.39 is 5.97 Å². The normalized spacial score (nSPS) is 11.9. The molecule has 1 amide bonds. The first-order valence-electron chi connectivity index (χ1n) is 7.93. The molecule has 0 aliphatic heterocycles. The Balaban J connectivity index is 1.49. The van der Waals surface area contributed by atoms with Gasteiger partial charge in [0.1, 0.15) is 5.52 Å². The van der Waals surface area contributed by atoms with Crippen molar-refractivity contribution in [2.75, 3.05) is 0 Å². The van der Waals surface area contributed by atoms with E-state index in [4.69, 9.17) is 4.74 Å². The van der Waals surface area contributed by atoms with E-state index >= 15 is 0 Å². The van der Waals surface area contributed by atoms with Crippen LogP contribution in [0.15, 0.2) is 54.6 Å². The lowest BCUT2D eigenvalue weighted by atomic mass is 10.2. The van der Waals surface area contributed by atoms with Crippen LogP contribution < -0.4 is 5.32 Å². The van der Waals surface area contributed by atoms with Gasteiger partial charge >= 0.3 is 5.97 Å². The van der Waals surface area contributed by atoms with Crippen LogP contribution in [0.5, 0.6) is 0 Å². The monoisotopic (exact) mass is 338 g/mol. The third-order valence-electron chi connectivity index (χ3n) is 3.65. The van der Waals surface area contributed by atoms with Gasteiger partial charge in [0.15, 0.2) is 6.73 Å².